The third-order valence-corrected chi connectivity index (χ3v) is 2.43. The van der Waals surface area contributed by atoms with Crippen LogP contribution in [0.25, 0.3) is 0 Å². The van der Waals surface area contributed by atoms with Gasteiger partial charge in [0.05, 0.1) is 0 Å². The summed E-state index contributed by atoms with van der Waals surface area (Å²) in [5, 5.41) is 8.75. The van der Waals surface area contributed by atoms with E-state index in [-0.39, 0.29) is 23.2 Å². The molecule has 1 aromatic carbocycles. The lowest BCUT2D eigenvalue weighted by Crippen LogP contribution is -1.95. The summed E-state index contributed by atoms with van der Waals surface area (Å²) < 4.78 is 5.38. The molecule has 7 heteroatoms. The molecule has 5 nitrogen and oxygen atoms in total. The number of aromatic nitrogens is 3. The second-order valence-electron chi connectivity index (χ2n) is 3.38. The van der Waals surface area contributed by atoms with E-state index in [1.54, 1.807) is 12.1 Å². The molecule has 1 N–H and O–H groups in total. The van der Waals surface area contributed by atoms with Gasteiger partial charge in [0.2, 0.25) is 10.6 Å². The van der Waals surface area contributed by atoms with Gasteiger partial charge in [-0.25, -0.2) is 0 Å². The first-order valence-corrected chi connectivity index (χ1v) is 5.87. The smallest absolute Gasteiger partial charge is 0.327 e. The van der Waals surface area contributed by atoms with Gasteiger partial charge in [-0.05, 0) is 47.3 Å². The summed E-state index contributed by atoms with van der Waals surface area (Å²) >= 11 is 11.3. The molecular formula is C11H9Cl2N3O2. The van der Waals surface area contributed by atoms with E-state index in [0.717, 1.165) is 5.56 Å². The van der Waals surface area contributed by atoms with Gasteiger partial charge in [0, 0.05) is 6.61 Å². The van der Waals surface area contributed by atoms with Crippen LogP contribution in [0.5, 0.6) is 11.8 Å². The van der Waals surface area contributed by atoms with Crippen molar-refractivity contribution in [2.24, 2.45) is 0 Å². The van der Waals surface area contributed by atoms with Crippen LogP contribution < -0.4 is 4.74 Å². The van der Waals surface area contributed by atoms with E-state index in [1.807, 2.05) is 12.1 Å². The molecule has 0 atom stereocenters. The molecule has 1 heterocycles. The van der Waals surface area contributed by atoms with Crippen LogP contribution in [0, 0.1) is 0 Å². The molecule has 0 aliphatic carbocycles. The highest BCUT2D eigenvalue weighted by Crippen LogP contribution is 2.20. The largest absolute Gasteiger partial charge is 0.424 e. The highest BCUT2D eigenvalue weighted by Gasteiger charge is 2.05. The summed E-state index contributed by atoms with van der Waals surface area (Å²) in [5.74, 6) is 0.551. The Balaban J connectivity index is 2.13. The van der Waals surface area contributed by atoms with Crippen molar-refractivity contribution in [3.8, 4) is 11.8 Å². The molecule has 0 amide bonds. The number of halogens is 2. The Kier molecular flexibility index (Phi) is 4.30. The zero-order valence-corrected chi connectivity index (χ0v) is 10.7. The lowest BCUT2D eigenvalue weighted by molar-refractivity contribution is 0.299. The quantitative estimate of drug-likeness (QED) is 0.935. The number of aliphatic hydroxyl groups excluding tert-OH is 1. The van der Waals surface area contributed by atoms with Crippen molar-refractivity contribution in [3.63, 3.8) is 0 Å². The van der Waals surface area contributed by atoms with Crippen LogP contribution >= 0.6 is 23.2 Å². The van der Waals surface area contributed by atoms with Crippen LogP contribution in [-0.2, 0) is 6.42 Å². The molecule has 94 valence electrons. The molecule has 0 fully saturated rings. The second-order valence-corrected chi connectivity index (χ2v) is 4.05. The fraction of sp³-hybridized carbons (Fsp3) is 0.182. The topological polar surface area (TPSA) is 68.1 Å². The standard InChI is InChI=1S/C11H9Cl2N3O2/c12-9-14-10(13)16-11(15-9)18-8-3-1-7(2-4-8)5-6-17/h1-4,17H,5-6H2. The van der Waals surface area contributed by atoms with Crippen LogP contribution in [0.1, 0.15) is 5.56 Å². The van der Waals surface area contributed by atoms with Gasteiger partial charge in [0.15, 0.2) is 0 Å². The van der Waals surface area contributed by atoms with Crippen molar-refractivity contribution in [2.45, 2.75) is 6.42 Å². The van der Waals surface area contributed by atoms with Crippen LogP contribution in [0.2, 0.25) is 10.6 Å². The number of rotatable bonds is 4. The second kappa shape index (κ2) is 5.95. The van der Waals surface area contributed by atoms with Crippen molar-refractivity contribution >= 4 is 23.2 Å². The molecule has 1 aromatic heterocycles. The number of nitrogens with zero attached hydrogens (tertiary/aromatic N) is 3. The molecule has 2 rings (SSSR count). The minimum atomic E-state index is -0.0260. The molecule has 0 aliphatic rings. The first-order valence-electron chi connectivity index (χ1n) is 5.12. The molecule has 0 radical (unpaired) electrons. The summed E-state index contributed by atoms with van der Waals surface area (Å²) in [6, 6.07) is 7.22. The lowest BCUT2D eigenvalue weighted by atomic mass is 10.1. The third kappa shape index (κ3) is 3.53. The van der Waals surface area contributed by atoms with Gasteiger partial charge in [-0.2, -0.15) is 15.0 Å². The lowest BCUT2D eigenvalue weighted by Gasteiger charge is -2.04. The van der Waals surface area contributed by atoms with Gasteiger partial charge in [-0.3, -0.25) is 0 Å². The van der Waals surface area contributed by atoms with E-state index in [0.29, 0.717) is 12.2 Å². The maximum Gasteiger partial charge on any atom is 0.327 e. The summed E-state index contributed by atoms with van der Waals surface area (Å²) in [4.78, 5) is 11.2. The van der Waals surface area contributed by atoms with Crippen molar-refractivity contribution in [3.05, 3.63) is 40.4 Å². The van der Waals surface area contributed by atoms with Crippen LogP contribution in [0.4, 0.5) is 0 Å². The fourth-order valence-electron chi connectivity index (χ4n) is 1.31. The highest BCUT2D eigenvalue weighted by atomic mass is 35.5. The van der Waals surface area contributed by atoms with Gasteiger partial charge < -0.3 is 9.84 Å². The number of hydrogen-bond donors (Lipinski definition) is 1. The Morgan fingerprint density at radius 1 is 1.00 bits per heavy atom. The maximum atomic E-state index is 8.80. The average molecular weight is 286 g/mol. The van der Waals surface area contributed by atoms with Crippen LogP contribution in [0.15, 0.2) is 24.3 Å². The van der Waals surface area contributed by atoms with Crippen molar-refractivity contribution in [1.82, 2.24) is 15.0 Å². The normalized spacial score (nSPS) is 10.4. The first-order chi connectivity index (χ1) is 8.67. The number of ether oxygens (including phenoxy) is 1. The molecule has 18 heavy (non-hydrogen) atoms. The van der Waals surface area contributed by atoms with Crippen molar-refractivity contribution < 1.29 is 9.84 Å². The molecule has 0 bridgehead atoms. The van der Waals surface area contributed by atoms with E-state index < -0.39 is 0 Å². The van der Waals surface area contributed by atoms with Crippen LogP contribution in [0.3, 0.4) is 0 Å². The van der Waals surface area contributed by atoms with E-state index in [4.69, 9.17) is 33.0 Å². The number of aliphatic hydroxyl groups is 1. The van der Waals surface area contributed by atoms with E-state index in [1.165, 1.54) is 0 Å². The SMILES string of the molecule is OCCc1ccc(Oc2nc(Cl)nc(Cl)n2)cc1. The van der Waals surface area contributed by atoms with E-state index in [2.05, 4.69) is 15.0 Å². The maximum absolute atomic E-state index is 8.80. The summed E-state index contributed by atoms with van der Waals surface area (Å²) in [6.07, 6.45) is 0.601. The molecule has 0 saturated carbocycles. The van der Waals surface area contributed by atoms with Crippen molar-refractivity contribution in [1.29, 1.82) is 0 Å². The molecular weight excluding hydrogens is 277 g/mol. The molecule has 0 spiro atoms. The van der Waals surface area contributed by atoms with Crippen molar-refractivity contribution in [2.75, 3.05) is 6.61 Å². The van der Waals surface area contributed by atoms with Gasteiger partial charge in [0.1, 0.15) is 5.75 Å². The Bertz CT molecular complexity index is 514. The minimum absolute atomic E-state index is 0.0260. The number of benzene rings is 1. The minimum Gasteiger partial charge on any atom is -0.424 e. The third-order valence-electron chi connectivity index (χ3n) is 2.09. The molecule has 0 unspecified atom stereocenters. The highest BCUT2D eigenvalue weighted by molar-refractivity contribution is 6.31. The zero-order chi connectivity index (χ0) is 13.0. The Morgan fingerprint density at radius 3 is 2.17 bits per heavy atom. The van der Waals surface area contributed by atoms with Gasteiger partial charge in [-0.15, -0.1) is 0 Å². The van der Waals surface area contributed by atoms with Gasteiger partial charge in [-0.1, -0.05) is 12.1 Å². The number of hydrogen-bond acceptors (Lipinski definition) is 5. The van der Waals surface area contributed by atoms with Gasteiger partial charge in [0.25, 0.3) is 0 Å². The summed E-state index contributed by atoms with van der Waals surface area (Å²) in [5.41, 5.74) is 1.01. The Morgan fingerprint density at radius 2 is 1.61 bits per heavy atom. The first kappa shape index (κ1) is 13.0. The van der Waals surface area contributed by atoms with E-state index >= 15 is 0 Å². The summed E-state index contributed by atoms with van der Waals surface area (Å²) in [7, 11) is 0. The zero-order valence-electron chi connectivity index (χ0n) is 9.18. The predicted octanol–water partition coefficient (Wildman–Crippen LogP) is 2.51. The predicted molar refractivity (Wildman–Crippen MR) is 67.2 cm³/mol. The fourth-order valence-corrected chi connectivity index (χ4v) is 1.66. The molecule has 0 saturated heterocycles. The van der Waals surface area contributed by atoms with E-state index in [9.17, 15) is 0 Å². The Hall–Kier alpha value is -1.43. The molecule has 2 aromatic rings. The molecule has 0 aliphatic heterocycles. The van der Waals surface area contributed by atoms with Crippen LogP contribution in [-0.4, -0.2) is 26.7 Å². The average Bonchev–Trinajstić information content (AvgIpc) is 2.31. The van der Waals surface area contributed by atoms with Gasteiger partial charge >= 0.3 is 6.01 Å². The monoisotopic (exact) mass is 285 g/mol. The summed E-state index contributed by atoms with van der Waals surface area (Å²) in [6.45, 7) is 0.110. The Labute approximate surface area is 113 Å².